The monoisotopic (exact) mass is 774 g/mol. The van der Waals surface area contributed by atoms with Gasteiger partial charge in [-0.1, -0.05) is 83.1 Å². The molecule has 1 rings (SSSR count). The Labute approximate surface area is 318 Å². The van der Waals surface area contributed by atoms with Gasteiger partial charge in [0, 0.05) is 27.7 Å². The summed E-state index contributed by atoms with van der Waals surface area (Å²) in [5.41, 5.74) is -1.29. The molecular formula is C38H75N3O9Si2. The van der Waals surface area contributed by atoms with Crippen LogP contribution in [0.15, 0.2) is 0 Å². The Balaban J connectivity index is 3.71. The molecule has 12 nitrogen and oxygen atoms in total. The first kappa shape index (κ1) is 48.2. The first-order valence-electron chi connectivity index (χ1n) is 19.2. The van der Waals surface area contributed by atoms with E-state index in [4.69, 9.17) is 23.1 Å². The third-order valence-electron chi connectivity index (χ3n) is 11.8. The number of esters is 1. The van der Waals surface area contributed by atoms with Gasteiger partial charge in [0.1, 0.15) is 30.6 Å². The van der Waals surface area contributed by atoms with Gasteiger partial charge in [-0.25, -0.2) is 4.79 Å². The highest BCUT2D eigenvalue weighted by atomic mass is 28.4. The number of nitrogens with zero attached hydrogens (tertiary/aromatic N) is 3. The molecule has 52 heavy (non-hydrogen) atoms. The highest BCUT2D eigenvalue weighted by molar-refractivity contribution is 6.74. The lowest BCUT2D eigenvalue weighted by molar-refractivity contribution is -0.183. The van der Waals surface area contributed by atoms with E-state index in [0.29, 0.717) is 0 Å². The Kier molecular flexibility index (Phi) is 17.7. The molecule has 304 valence electrons. The summed E-state index contributed by atoms with van der Waals surface area (Å²) in [5.74, 6) is -2.45. The fourth-order valence-corrected chi connectivity index (χ4v) is 11.3. The van der Waals surface area contributed by atoms with Crippen LogP contribution in [-0.4, -0.2) is 133 Å². The zero-order chi connectivity index (χ0) is 40.7. The normalized spacial score (nSPS) is 21.8. The van der Waals surface area contributed by atoms with E-state index in [1.54, 1.807) is 21.0 Å². The van der Waals surface area contributed by atoms with Crippen LogP contribution in [-0.2, 0) is 42.2 Å². The molecule has 14 heteroatoms. The quantitative estimate of drug-likeness (QED) is 0.0864. The maximum Gasteiger partial charge on any atom is 0.331 e. The van der Waals surface area contributed by atoms with E-state index >= 15 is 0 Å². The van der Waals surface area contributed by atoms with Crippen molar-refractivity contribution in [2.75, 3.05) is 41.7 Å². The van der Waals surface area contributed by atoms with Crippen molar-refractivity contribution in [2.24, 2.45) is 17.8 Å². The summed E-state index contributed by atoms with van der Waals surface area (Å²) >= 11 is 0. The summed E-state index contributed by atoms with van der Waals surface area (Å²) in [7, 11) is 1.44. The molecule has 0 aromatic carbocycles. The molecular weight excluding hydrogens is 699 g/mol. The minimum absolute atomic E-state index is 0.0751. The Bertz CT molecular complexity index is 1200. The average molecular weight is 774 g/mol. The predicted octanol–water partition coefficient (Wildman–Crippen LogP) is 6.15. The van der Waals surface area contributed by atoms with E-state index in [0.717, 1.165) is 18.1 Å². The van der Waals surface area contributed by atoms with Gasteiger partial charge >= 0.3 is 5.97 Å². The minimum atomic E-state index is -2.34. The second-order valence-electron chi connectivity index (χ2n) is 17.3. The number of ether oxygens (including phenoxy) is 3. The van der Waals surface area contributed by atoms with Crippen molar-refractivity contribution in [3.63, 3.8) is 0 Å². The van der Waals surface area contributed by atoms with E-state index in [1.165, 1.54) is 28.9 Å². The number of hydrogen-bond donors (Lipinski definition) is 0. The van der Waals surface area contributed by atoms with Crippen LogP contribution in [0.25, 0.3) is 0 Å². The number of hydrogen-bond acceptors (Lipinski definition) is 9. The first-order chi connectivity index (χ1) is 23.8. The van der Waals surface area contributed by atoms with Crippen LogP contribution in [0.4, 0.5) is 0 Å². The topological polar surface area (TPSA) is 124 Å². The predicted molar refractivity (Wildman–Crippen MR) is 211 cm³/mol. The molecule has 1 aliphatic rings. The Morgan fingerprint density at radius 2 is 1.31 bits per heavy atom. The number of likely N-dealkylation sites (N-methyl/N-ethyl adjacent to an activating group) is 2. The molecule has 0 aromatic heterocycles. The van der Waals surface area contributed by atoms with Crippen LogP contribution in [0, 0.1) is 17.8 Å². The van der Waals surface area contributed by atoms with Gasteiger partial charge in [0.05, 0.1) is 13.2 Å². The molecule has 0 N–H and O–H groups in total. The molecule has 1 heterocycles. The van der Waals surface area contributed by atoms with Gasteiger partial charge in [0.2, 0.25) is 11.8 Å². The summed E-state index contributed by atoms with van der Waals surface area (Å²) in [6, 6.07) is -0.410. The zero-order valence-electron chi connectivity index (χ0n) is 36.2. The number of carbonyl (C=O) groups excluding carboxylic acids is 4. The second-order valence-corrected chi connectivity index (χ2v) is 26.8. The van der Waals surface area contributed by atoms with Crippen molar-refractivity contribution in [1.82, 2.24) is 14.7 Å². The van der Waals surface area contributed by atoms with Crippen LogP contribution in [0.2, 0.25) is 36.3 Å². The van der Waals surface area contributed by atoms with E-state index < -0.39 is 64.4 Å². The van der Waals surface area contributed by atoms with Gasteiger partial charge in [-0.2, -0.15) is 0 Å². The van der Waals surface area contributed by atoms with Crippen molar-refractivity contribution in [2.45, 2.75) is 162 Å². The van der Waals surface area contributed by atoms with Crippen molar-refractivity contribution >= 4 is 40.3 Å². The smallest absolute Gasteiger partial charge is 0.331 e. The minimum Gasteiger partial charge on any atom is -0.467 e. The molecule has 3 amide bonds. The van der Waals surface area contributed by atoms with Crippen molar-refractivity contribution in [3.8, 4) is 0 Å². The molecule has 0 saturated carbocycles. The second kappa shape index (κ2) is 19.1. The van der Waals surface area contributed by atoms with Gasteiger partial charge < -0.3 is 37.8 Å². The van der Waals surface area contributed by atoms with Gasteiger partial charge in [0.25, 0.3) is 5.91 Å². The standard InChI is InChI=1S/C38H75N3O9Si2/c1-20-52(21-2,22-3)49-28-23-41(32(36(45)47-17)38(28,13)48-24-46-16)34(43)30(26(6)7)39(14)33(42)29(25(4)5)40(15)35(44)31(27(8)9)50-51(18,19)37(10,11)12/h25-32H,20-24H2,1-19H3/t28-,29+,30+,31-,32-,38-/m1/s1. The average Bonchev–Trinajstić information content (AvgIpc) is 3.34. The van der Waals surface area contributed by atoms with Crippen LogP contribution in [0.5, 0.6) is 0 Å². The Morgan fingerprint density at radius 3 is 1.69 bits per heavy atom. The SMILES string of the molecule is CC[Si](CC)(CC)O[C@@H]1CN(C(=O)[C@H](C(C)C)N(C)C(=O)[C@H](C(C)C)N(C)C(=O)[C@H](O[Si](C)(C)C(C)(C)C)C(C)C)[C@H](C(=O)OC)[C@]1(C)OCOC. The molecule has 0 aromatic rings. The number of methoxy groups -OCH3 is 2. The molecule has 0 radical (unpaired) electrons. The summed E-state index contributed by atoms with van der Waals surface area (Å²) < 4.78 is 30.5. The summed E-state index contributed by atoms with van der Waals surface area (Å²) in [5, 5.41) is -0.114. The highest BCUT2D eigenvalue weighted by Gasteiger charge is 2.61. The lowest BCUT2D eigenvalue weighted by Gasteiger charge is -2.43. The van der Waals surface area contributed by atoms with Crippen LogP contribution in [0.3, 0.4) is 0 Å². The van der Waals surface area contributed by atoms with Gasteiger partial charge in [0.15, 0.2) is 22.7 Å². The van der Waals surface area contributed by atoms with Gasteiger partial charge in [-0.15, -0.1) is 0 Å². The fraction of sp³-hybridized carbons (Fsp3) is 0.895. The van der Waals surface area contributed by atoms with E-state index in [2.05, 4.69) is 54.6 Å². The Morgan fingerprint density at radius 1 is 0.827 bits per heavy atom. The van der Waals surface area contributed by atoms with E-state index in [9.17, 15) is 19.2 Å². The van der Waals surface area contributed by atoms with E-state index in [-0.39, 0.29) is 47.9 Å². The molecule has 1 fully saturated rings. The largest absolute Gasteiger partial charge is 0.467 e. The fourth-order valence-electron chi connectivity index (χ4n) is 7.07. The third kappa shape index (κ3) is 10.5. The molecule has 0 aliphatic carbocycles. The number of rotatable bonds is 19. The Hall–Kier alpha value is -1.85. The van der Waals surface area contributed by atoms with Crippen LogP contribution >= 0.6 is 0 Å². The van der Waals surface area contributed by atoms with Crippen molar-refractivity contribution < 1.29 is 42.2 Å². The lowest BCUT2D eigenvalue weighted by atomic mass is 9.93. The lowest BCUT2D eigenvalue weighted by Crippen LogP contribution is -2.62. The highest BCUT2D eigenvalue weighted by Crippen LogP contribution is 2.41. The molecule has 6 atom stereocenters. The third-order valence-corrected chi connectivity index (χ3v) is 20.9. The molecule has 0 spiro atoms. The number of likely N-dealkylation sites (tertiary alicyclic amines) is 1. The zero-order valence-corrected chi connectivity index (χ0v) is 38.2. The summed E-state index contributed by atoms with van der Waals surface area (Å²) in [6.45, 7) is 30.1. The molecule has 0 bridgehead atoms. The van der Waals surface area contributed by atoms with Gasteiger partial charge in [-0.3, -0.25) is 14.4 Å². The van der Waals surface area contributed by atoms with Crippen LogP contribution < -0.4 is 0 Å². The van der Waals surface area contributed by atoms with E-state index in [1.807, 2.05) is 41.5 Å². The van der Waals surface area contributed by atoms with Gasteiger partial charge in [-0.05, 0) is 60.9 Å². The number of carbonyl (C=O) groups is 4. The molecule has 1 aliphatic heterocycles. The van der Waals surface area contributed by atoms with Crippen LogP contribution in [0.1, 0.15) is 90.0 Å². The maximum atomic E-state index is 14.9. The van der Waals surface area contributed by atoms with Crippen molar-refractivity contribution in [3.05, 3.63) is 0 Å². The van der Waals surface area contributed by atoms with Crippen molar-refractivity contribution in [1.29, 1.82) is 0 Å². The maximum absolute atomic E-state index is 14.9. The first-order valence-corrected chi connectivity index (χ1v) is 24.6. The number of amides is 3. The summed E-state index contributed by atoms with van der Waals surface area (Å²) in [6.07, 6.45) is -1.37. The molecule has 1 saturated heterocycles. The summed E-state index contributed by atoms with van der Waals surface area (Å²) in [4.78, 5) is 61.8. The molecule has 0 unspecified atom stereocenters.